The quantitative estimate of drug-likeness (QED) is 0.896. The van der Waals surface area contributed by atoms with Crippen molar-refractivity contribution in [3.63, 3.8) is 0 Å². The average molecular weight is 288 g/mol. The molecule has 1 unspecified atom stereocenters. The van der Waals surface area contributed by atoms with Crippen LogP contribution in [0.5, 0.6) is 11.5 Å². The Morgan fingerprint density at radius 3 is 2.81 bits per heavy atom. The number of nitrogens with zero attached hydrogens (tertiary/aromatic N) is 2. The van der Waals surface area contributed by atoms with Gasteiger partial charge in [0.25, 0.3) is 0 Å². The van der Waals surface area contributed by atoms with Crippen molar-refractivity contribution in [1.29, 1.82) is 0 Å². The van der Waals surface area contributed by atoms with E-state index in [0.29, 0.717) is 5.82 Å². The molecule has 1 atom stereocenters. The van der Waals surface area contributed by atoms with E-state index in [1.54, 1.807) is 13.2 Å². The summed E-state index contributed by atoms with van der Waals surface area (Å²) in [7, 11) is 3.75. The first-order valence-corrected chi connectivity index (χ1v) is 7.00. The highest BCUT2D eigenvalue weighted by Crippen LogP contribution is 2.33. The summed E-state index contributed by atoms with van der Waals surface area (Å²) in [5, 5.41) is 6.86. The minimum absolute atomic E-state index is 0.200. The van der Waals surface area contributed by atoms with E-state index in [-0.39, 0.29) is 6.10 Å². The second-order valence-electron chi connectivity index (χ2n) is 5.36. The maximum atomic E-state index is 6.10. The molecule has 1 aromatic carbocycles. The Morgan fingerprint density at radius 1 is 1.33 bits per heavy atom. The van der Waals surface area contributed by atoms with E-state index in [9.17, 15) is 0 Å². The third kappa shape index (κ3) is 2.95. The highest BCUT2D eigenvalue weighted by atomic mass is 16.5. The zero-order valence-electron chi connectivity index (χ0n) is 12.3. The van der Waals surface area contributed by atoms with Crippen molar-refractivity contribution in [2.45, 2.75) is 12.5 Å². The predicted octanol–water partition coefficient (Wildman–Crippen LogP) is 1.75. The van der Waals surface area contributed by atoms with E-state index < -0.39 is 0 Å². The van der Waals surface area contributed by atoms with Crippen molar-refractivity contribution >= 4 is 5.82 Å². The highest BCUT2D eigenvalue weighted by Gasteiger charge is 2.22. The molecule has 21 heavy (non-hydrogen) atoms. The molecule has 6 nitrogen and oxygen atoms in total. The molecule has 112 valence electrons. The van der Waals surface area contributed by atoms with Gasteiger partial charge in [-0.05, 0) is 31.7 Å². The van der Waals surface area contributed by atoms with Crippen molar-refractivity contribution in [2.75, 3.05) is 33.0 Å². The average Bonchev–Trinajstić information content (AvgIpc) is 3.08. The third-order valence-corrected chi connectivity index (χ3v) is 3.71. The fourth-order valence-electron chi connectivity index (χ4n) is 2.59. The second-order valence-corrected chi connectivity index (χ2v) is 5.36. The fourth-order valence-corrected chi connectivity index (χ4v) is 2.59. The van der Waals surface area contributed by atoms with Crippen LogP contribution in [-0.2, 0) is 0 Å². The summed E-state index contributed by atoms with van der Waals surface area (Å²) in [6.07, 6.45) is 1.23. The molecule has 1 aliphatic heterocycles. The lowest BCUT2D eigenvalue weighted by Crippen LogP contribution is -2.21. The van der Waals surface area contributed by atoms with Gasteiger partial charge >= 0.3 is 0 Å². The SMILES string of the molecule is COc1ccc(-c2cc(N)n[nH]2)cc1OC1CCN(C)C1. The summed E-state index contributed by atoms with van der Waals surface area (Å²) >= 11 is 0. The molecule has 0 radical (unpaired) electrons. The van der Waals surface area contributed by atoms with Gasteiger partial charge in [0, 0.05) is 24.7 Å². The Morgan fingerprint density at radius 2 is 2.19 bits per heavy atom. The lowest BCUT2D eigenvalue weighted by atomic mass is 10.1. The molecule has 1 saturated heterocycles. The number of nitrogens with two attached hydrogens (primary N) is 1. The number of aromatic amines is 1. The number of benzene rings is 1. The molecule has 0 aliphatic carbocycles. The van der Waals surface area contributed by atoms with Crippen molar-refractivity contribution in [1.82, 2.24) is 15.1 Å². The molecule has 0 bridgehead atoms. The van der Waals surface area contributed by atoms with Crippen LogP contribution in [0.4, 0.5) is 5.82 Å². The first-order valence-electron chi connectivity index (χ1n) is 7.00. The first-order chi connectivity index (χ1) is 10.2. The van der Waals surface area contributed by atoms with Gasteiger partial charge in [-0.2, -0.15) is 5.10 Å². The van der Waals surface area contributed by atoms with Crippen LogP contribution < -0.4 is 15.2 Å². The number of hydrogen-bond donors (Lipinski definition) is 2. The van der Waals surface area contributed by atoms with Crippen molar-refractivity contribution in [2.24, 2.45) is 0 Å². The van der Waals surface area contributed by atoms with Crippen LogP contribution in [0.2, 0.25) is 0 Å². The third-order valence-electron chi connectivity index (χ3n) is 3.71. The van der Waals surface area contributed by atoms with Crippen LogP contribution in [0.3, 0.4) is 0 Å². The number of hydrogen-bond acceptors (Lipinski definition) is 5. The van der Waals surface area contributed by atoms with Gasteiger partial charge in [-0.3, -0.25) is 5.10 Å². The van der Waals surface area contributed by atoms with Crippen LogP contribution in [0.1, 0.15) is 6.42 Å². The van der Waals surface area contributed by atoms with E-state index in [0.717, 1.165) is 42.3 Å². The van der Waals surface area contributed by atoms with Crippen molar-refractivity contribution in [3.05, 3.63) is 24.3 Å². The number of likely N-dealkylation sites (N-methyl/N-ethyl adjacent to an activating group) is 1. The lowest BCUT2D eigenvalue weighted by molar-refractivity contribution is 0.199. The van der Waals surface area contributed by atoms with Crippen LogP contribution >= 0.6 is 0 Å². The van der Waals surface area contributed by atoms with E-state index in [2.05, 4.69) is 22.1 Å². The summed E-state index contributed by atoms with van der Waals surface area (Å²) in [6, 6.07) is 7.62. The van der Waals surface area contributed by atoms with Gasteiger partial charge in [-0.15, -0.1) is 0 Å². The van der Waals surface area contributed by atoms with Crippen LogP contribution in [-0.4, -0.2) is 48.4 Å². The van der Waals surface area contributed by atoms with E-state index >= 15 is 0 Å². The smallest absolute Gasteiger partial charge is 0.162 e. The Hall–Kier alpha value is -2.21. The number of methoxy groups -OCH3 is 1. The summed E-state index contributed by atoms with van der Waals surface area (Å²) < 4.78 is 11.5. The maximum absolute atomic E-state index is 6.10. The monoisotopic (exact) mass is 288 g/mol. The molecule has 3 rings (SSSR count). The molecular formula is C15H20N4O2. The summed E-state index contributed by atoms with van der Waals surface area (Å²) in [4.78, 5) is 2.26. The summed E-state index contributed by atoms with van der Waals surface area (Å²) in [5.74, 6) is 1.96. The molecular weight excluding hydrogens is 268 g/mol. The Balaban J connectivity index is 1.86. The van der Waals surface area contributed by atoms with Crippen LogP contribution in [0.25, 0.3) is 11.3 Å². The molecule has 1 fully saturated rings. The standard InChI is InChI=1S/C15H20N4O2/c1-19-6-5-11(9-19)21-14-7-10(3-4-13(14)20-2)12-8-15(16)18-17-12/h3-4,7-8,11H,5-6,9H2,1-2H3,(H3,16,17,18). The number of nitrogen functional groups attached to an aromatic ring is 1. The minimum atomic E-state index is 0.200. The normalized spacial score (nSPS) is 18.9. The summed E-state index contributed by atoms with van der Waals surface area (Å²) in [6.45, 7) is 1.99. The van der Waals surface area contributed by atoms with Gasteiger partial charge in [0.05, 0.1) is 12.8 Å². The van der Waals surface area contributed by atoms with Gasteiger partial charge < -0.3 is 20.1 Å². The maximum Gasteiger partial charge on any atom is 0.162 e. The molecule has 0 amide bonds. The van der Waals surface area contributed by atoms with Crippen LogP contribution in [0, 0.1) is 0 Å². The fraction of sp³-hybridized carbons (Fsp3) is 0.400. The topological polar surface area (TPSA) is 76.4 Å². The molecule has 2 heterocycles. The summed E-state index contributed by atoms with van der Waals surface area (Å²) in [5.41, 5.74) is 7.49. The minimum Gasteiger partial charge on any atom is -0.493 e. The second kappa shape index (κ2) is 5.65. The molecule has 1 aliphatic rings. The van der Waals surface area contributed by atoms with Gasteiger partial charge in [-0.25, -0.2) is 0 Å². The van der Waals surface area contributed by atoms with Crippen molar-refractivity contribution in [3.8, 4) is 22.8 Å². The number of aromatic nitrogens is 2. The van der Waals surface area contributed by atoms with Gasteiger partial charge in [0.1, 0.15) is 11.9 Å². The number of likely N-dealkylation sites (tertiary alicyclic amines) is 1. The van der Waals surface area contributed by atoms with Crippen molar-refractivity contribution < 1.29 is 9.47 Å². The number of H-pyrrole nitrogens is 1. The number of ether oxygens (including phenoxy) is 2. The number of rotatable bonds is 4. The Bertz CT molecular complexity index is 626. The van der Waals surface area contributed by atoms with Gasteiger partial charge in [-0.1, -0.05) is 0 Å². The van der Waals surface area contributed by atoms with E-state index in [4.69, 9.17) is 15.2 Å². The molecule has 2 aromatic rings. The van der Waals surface area contributed by atoms with Crippen LogP contribution in [0.15, 0.2) is 24.3 Å². The highest BCUT2D eigenvalue weighted by molar-refractivity contribution is 5.65. The Kier molecular flexibility index (Phi) is 3.70. The molecule has 1 aromatic heterocycles. The first kappa shape index (κ1) is 13.8. The Labute approximate surface area is 123 Å². The number of anilines is 1. The molecule has 3 N–H and O–H groups in total. The predicted molar refractivity (Wildman–Crippen MR) is 81.5 cm³/mol. The number of nitrogens with one attached hydrogen (secondary N) is 1. The van der Waals surface area contributed by atoms with Gasteiger partial charge in [0.15, 0.2) is 11.5 Å². The van der Waals surface area contributed by atoms with E-state index in [1.165, 1.54) is 0 Å². The lowest BCUT2D eigenvalue weighted by Gasteiger charge is -2.17. The van der Waals surface area contributed by atoms with Gasteiger partial charge in [0.2, 0.25) is 0 Å². The molecule has 6 heteroatoms. The molecule has 0 spiro atoms. The zero-order chi connectivity index (χ0) is 14.8. The zero-order valence-corrected chi connectivity index (χ0v) is 12.3. The largest absolute Gasteiger partial charge is 0.493 e. The van der Waals surface area contributed by atoms with E-state index in [1.807, 2.05) is 18.2 Å². The molecule has 0 saturated carbocycles.